The second-order valence-electron chi connectivity index (χ2n) is 4.71. The van der Waals surface area contributed by atoms with Crippen molar-refractivity contribution in [3.05, 3.63) is 54.1 Å². The largest absolute Gasteiger partial charge is 0.280 e. The van der Waals surface area contributed by atoms with Gasteiger partial charge in [0.25, 0.3) is 10.0 Å². The van der Waals surface area contributed by atoms with Crippen molar-refractivity contribution in [2.24, 2.45) is 0 Å². The molecule has 2 aromatic rings. The average molecular weight is 376 g/mol. The zero-order valence-electron chi connectivity index (χ0n) is 12.5. The summed E-state index contributed by atoms with van der Waals surface area (Å²) in [5.74, 6) is -2.45. The van der Waals surface area contributed by atoms with E-state index in [4.69, 9.17) is 0 Å². The Labute approximate surface area is 138 Å². The second kappa shape index (κ2) is 6.83. The quantitative estimate of drug-likeness (QED) is 0.807. The monoisotopic (exact) mass is 376 g/mol. The van der Waals surface area contributed by atoms with E-state index in [0.29, 0.717) is 12.1 Å². The Hall–Kier alpha value is -2.04. The third-order valence-corrected chi connectivity index (χ3v) is 5.89. The molecule has 2 N–H and O–H groups in total. The molecule has 0 radical (unpaired) electrons. The minimum absolute atomic E-state index is 0.0277. The fraction of sp³-hybridized carbons (Fsp3) is 0.143. The summed E-state index contributed by atoms with van der Waals surface area (Å²) in [5, 5.41) is 0. The minimum atomic E-state index is -4.13. The molecule has 0 aromatic heterocycles. The van der Waals surface area contributed by atoms with Crippen LogP contribution in [0.4, 0.5) is 14.5 Å². The number of anilines is 1. The Balaban J connectivity index is 2.26. The summed E-state index contributed by atoms with van der Waals surface area (Å²) in [5.41, 5.74) is 0.0789. The fourth-order valence-electron chi connectivity index (χ4n) is 1.83. The smallest absolute Gasteiger partial charge is 0.261 e. The number of halogens is 2. The molecule has 0 aliphatic rings. The summed E-state index contributed by atoms with van der Waals surface area (Å²) >= 11 is 0. The van der Waals surface area contributed by atoms with Crippen LogP contribution in [0.25, 0.3) is 0 Å². The molecule has 0 aliphatic heterocycles. The summed E-state index contributed by atoms with van der Waals surface area (Å²) in [7, 11) is -7.78. The van der Waals surface area contributed by atoms with Crippen molar-refractivity contribution < 1.29 is 25.6 Å². The first kappa shape index (κ1) is 18.3. The molecular formula is C14H14F2N2O4S2. The number of hydrogen-bond acceptors (Lipinski definition) is 4. The highest BCUT2D eigenvalue weighted by molar-refractivity contribution is 7.92. The van der Waals surface area contributed by atoms with E-state index in [1.165, 1.54) is 24.3 Å². The Kier molecular flexibility index (Phi) is 5.21. The van der Waals surface area contributed by atoms with Gasteiger partial charge in [0.2, 0.25) is 10.0 Å². The standard InChI is InChI=1S/C14H14F2N2O4S2/c1-2-17-23(19,20)11-5-3-10(4-6-11)18-24(21,22)12-7-8-13(15)14(16)9-12/h3-9,17-18H,2H2,1H3. The van der Waals surface area contributed by atoms with E-state index in [1.807, 2.05) is 0 Å². The van der Waals surface area contributed by atoms with E-state index in [2.05, 4.69) is 9.44 Å². The van der Waals surface area contributed by atoms with Crippen molar-refractivity contribution in [2.75, 3.05) is 11.3 Å². The maximum Gasteiger partial charge on any atom is 0.261 e. The zero-order chi connectivity index (χ0) is 18.0. The van der Waals surface area contributed by atoms with Gasteiger partial charge in [-0.1, -0.05) is 6.92 Å². The van der Waals surface area contributed by atoms with Gasteiger partial charge in [-0.3, -0.25) is 4.72 Å². The van der Waals surface area contributed by atoms with Gasteiger partial charge in [0.05, 0.1) is 9.79 Å². The molecule has 0 bridgehead atoms. The molecule has 0 fully saturated rings. The van der Waals surface area contributed by atoms with Gasteiger partial charge in [-0.15, -0.1) is 0 Å². The Morgan fingerprint density at radius 3 is 1.96 bits per heavy atom. The highest BCUT2D eigenvalue weighted by Crippen LogP contribution is 2.20. The van der Waals surface area contributed by atoms with Crippen LogP contribution in [0.3, 0.4) is 0 Å². The first-order chi connectivity index (χ1) is 11.2. The first-order valence-corrected chi connectivity index (χ1v) is 9.70. The van der Waals surface area contributed by atoms with Crippen molar-refractivity contribution >= 4 is 25.7 Å². The van der Waals surface area contributed by atoms with E-state index in [1.54, 1.807) is 6.92 Å². The molecule has 0 spiro atoms. The molecule has 0 unspecified atom stereocenters. The molecule has 2 rings (SSSR count). The highest BCUT2D eigenvalue weighted by Gasteiger charge is 2.17. The second-order valence-corrected chi connectivity index (χ2v) is 8.16. The Morgan fingerprint density at radius 2 is 1.42 bits per heavy atom. The number of nitrogens with one attached hydrogen (secondary N) is 2. The van der Waals surface area contributed by atoms with Crippen molar-refractivity contribution in [3.8, 4) is 0 Å². The fourth-order valence-corrected chi connectivity index (χ4v) is 3.94. The van der Waals surface area contributed by atoms with Crippen LogP contribution in [0.2, 0.25) is 0 Å². The molecule has 0 amide bonds. The predicted molar refractivity (Wildman–Crippen MR) is 84.5 cm³/mol. The summed E-state index contributed by atoms with van der Waals surface area (Å²) in [6, 6.07) is 7.13. The lowest BCUT2D eigenvalue weighted by Gasteiger charge is -2.09. The molecule has 0 saturated heterocycles. The number of hydrogen-bond donors (Lipinski definition) is 2. The predicted octanol–water partition coefficient (Wildman–Crippen LogP) is 2.06. The Morgan fingerprint density at radius 1 is 0.833 bits per heavy atom. The Bertz CT molecular complexity index is 943. The topological polar surface area (TPSA) is 92.3 Å². The average Bonchev–Trinajstić information content (AvgIpc) is 2.50. The third-order valence-electron chi connectivity index (χ3n) is 2.95. The molecule has 0 saturated carbocycles. The van der Waals surface area contributed by atoms with Crippen molar-refractivity contribution in [1.82, 2.24) is 4.72 Å². The maximum atomic E-state index is 13.2. The SMILES string of the molecule is CCNS(=O)(=O)c1ccc(NS(=O)(=O)c2ccc(F)c(F)c2)cc1. The molecule has 0 aliphatic carbocycles. The van der Waals surface area contributed by atoms with Crippen LogP contribution in [0.5, 0.6) is 0 Å². The first-order valence-electron chi connectivity index (χ1n) is 6.73. The molecule has 2 aromatic carbocycles. The zero-order valence-corrected chi connectivity index (χ0v) is 14.1. The number of benzene rings is 2. The van der Waals surface area contributed by atoms with Crippen LogP contribution < -0.4 is 9.44 Å². The lowest BCUT2D eigenvalue weighted by atomic mass is 10.3. The van der Waals surface area contributed by atoms with Gasteiger partial charge in [-0.05, 0) is 42.5 Å². The molecule has 0 heterocycles. The van der Waals surface area contributed by atoms with Crippen molar-refractivity contribution in [3.63, 3.8) is 0 Å². The van der Waals surface area contributed by atoms with Crippen LogP contribution in [0.15, 0.2) is 52.3 Å². The normalized spacial score (nSPS) is 12.1. The summed E-state index contributed by atoms with van der Waals surface area (Å²) < 4.78 is 78.3. The third kappa shape index (κ3) is 4.08. The minimum Gasteiger partial charge on any atom is -0.280 e. The van der Waals surface area contributed by atoms with Crippen molar-refractivity contribution in [2.45, 2.75) is 16.7 Å². The maximum absolute atomic E-state index is 13.2. The van der Waals surface area contributed by atoms with E-state index in [0.717, 1.165) is 6.07 Å². The van der Waals surface area contributed by atoms with E-state index in [-0.39, 0.29) is 17.1 Å². The molecule has 10 heteroatoms. The van der Waals surface area contributed by atoms with Crippen molar-refractivity contribution in [1.29, 1.82) is 0 Å². The van der Waals surface area contributed by atoms with Gasteiger partial charge in [0.1, 0.15) is 0 Å². The number of rotatable bonds is 6. The van der Waals surface area contributed by atoms with Gasteiger partial charge < -0.3 is 0 Å². The van der Waals surface area contributed by atoms with E-state index in [9.17, 15) is 25.6 Å². The lowest BCUT2D eigenvalue weighted by molar-refractivity contribution is 0.504. The van der Waals surface area contributed by atoms with Gasteiger partial charge in [0.15, 0.2) is 11.6 Å². The van der Waals surface area contributed by atoms with Crippen LogP contribution in [0.1, 0.15) is 6.92 Å². The molecule has 0 atom stereocenters. The summed E-state index contributed by atoms with van der Waals surface area (Å²) in [4.78, 5) is -0.481. The van der Waals surface area contributed by atoms with E-state index >= 15 is 0 Å². The van der Waals surface area contributed by atoms with Gasteiger partial charge >= 0.3 is 0 Å². The van der Waals surface area contributed by atoms with Gasteiger partial charge in [-0.25, -0.2) is 30.3 Å². The van der Waals surface area contributed by atoms with Gasteiger partial charge in [-0.2, -0.15) is 0 Å². The van der Waals surface area contributed by atoms with E-state index < -0.39 is 36.6 Å². The summed E-state index contributed by atoms with van der Waals surface area (Å²) in [6.45, 7) is 1.84. The van der Waals surface area contributed by atoms with Gasteiger partial charge in [0, 0.05) is 12.2 Å². The highest BCUT2D eigenvalue weighted by atomic mass is 32.2. The number of sulfonamides is 2. The molecule has 6 nitrogen and oxygen atoms in total. The molecule has 24 heavy (non-hydrogen) atoms. The summed E-state index contributed by atoms with van der Waals surface area (Å²) in [6.07, 6.45) is 0. The van der Waals surface area contributed by atoms with Crippen LogP contribution in [-0.4, -0.2) is 23.4 Å². The molecule has 130 valence electrons. The van der Waals surface area contributed by atoms with Crippen LogP contribution in [0, 0.1) is 11.6 Å². The van der Waals surface area contributed by atoms with Crippen LogP contribution in [-0.2, 0) is 20.0 Å². The van der Waals surface area contributed by atoms with Crippen LogP contribution >= 0.6 is 0 Å². The molecular weight excluding hydrogens is 362 g/mol. The lowest BCUT2D eigenvalue weighted by Crippen LogP contribution is -2.23.